The minimum Gasteiger partial charge on any atom is -0.396 e. The molecule has 1 aliphatic rings. The Hall–Kier alpha value is -1.56. The molecule has 0 aliphatic heterocycles. The average Bonchev–Trinajstić information content (AvgIpc) is 2.76. The summed E-state index contributed by atoms with van der Waals surface area (Å²) in [6, 6.07) is 0. The van der Waals surface area contributed by atoms with E-state index in [4.69, 9.17) is 5.73 Å². The Morgan fingerprint density at radius 3 is 2.75 bits per heavy atom. The van der Waals surface area contributed by atoms with Crippen LogP contribution in [0.3, 0.4) is 0 Å². The van der Waals surface area contributed by atoms with Crippen LogP contribution in [0.2, 0.25) is 0 Å². The van der Waals surface area contributed by atoms with Crippen molar-refractivity contribution in [2.24, 2.45) is 13.0 Å². The fourth-order valence-corrected chi connectivity index (χ4v) is 2.81. The van der Waals surface area contributed by atoms with Crippen molar-refractivity contribution in [3.05, 3.63) is 11.9 Å². The number of rotatable bonds is 4. The topological polar surface area (TPSA) is 93.2 Å². The van der Waals surface area contributed by atoms with Gasteiger partial charge in [-0.1, -0.05) is 13.3 Å². The predicted molar refractivity (Wildman–Crippen MR) is 77.2 cm³/mol. The minimum atomic E-state index is -0.787. The number of hydrogen-bond acceptors (Lipinski definition) is 4. The van der Waals surface area contributed by atoms with E-state index in [0.717, 1.165) is 32.1 Å². The molecule has 0 atom stereocenters. The van der Waals surface area contributed by atoms with Gasteiger partial charge in [0.2, 0.25) is 0 Å². The summed E-state index contributed by atoms with van der Waals surface area (Å²) in [7, 11) is 1.71. The fourth-order valence-electron chi connectivity index (χ4n) is 2.81. The monoisotopic (exact) mass is 280 g/mol. The van der Waals surface area contributed by atoms with Crippen LogP contribution in [0.1, 0.15) is 49.5 Å². The zero-order valence-electron chi connectivity index (χ0n) is 12.2. The molecule has 0 aromatic carbocycles. The normalized spacial score (nSPS) is 26.4. The molecule has 112 valence electrons. The number of carbonyl (C=O) groups excluding carboxylic acids is 1. The number of nitrogens with one attached hydrogen (secondary N) is 1. The van der Waals surface area contributed by atoms with Gasteiger partial charge in [-0.3, -0.25) is 9.48 Å². The number of amides is 1. The molecular weight excluding hydrogens is 256 g/mol. The summed E-state index contributed by atoms with van der Waals surface area (Å²) in [4.78, 5) is 12.0. The fraction of sp³-hybridized carbons (Fsp3) is 0.714. The Kier molecular flexibility index (Phi) is 4.32. The number of hydrogen-bond donors (Lipinski definition) is 3. The van der Waals surface area contributed by atoms with E-state index in [0.29, 0.717) is 11.6 Å². The Balaban J connectivity index is 1.89. The standard InChI is InChI=1S/C14H24N4O2/c1-3-10-4-6-14(20,7-5-10)9-16-13(19)12-11(15)8-18(2)17-12/h8,10,20H,3-7,9,15H2,1-2H3,(H,16,19). The van der Waals surface area contributed by atoms with Gasteiger partial charge in [-0.05, 0) is 31.6 Å². The number of nitrogen functional groups attached to an aromatic ring is 1. The molecule has 6 heteroatoms. The molecule has 0 saturated heterocycles. The summed E-state index contributed by atoms with van der Waals surface area (Å²) in [5.41, 5.74) is 5.50. The summed E-state index contributed by atoms with van der Waals surface area (Å²) in [5.74, 6) is 0.381. The van der Waals surface area contributed by atoms with E-state index in [9.17, 15) is 9.90 Å². The van der Waals surface area contributed by atoms with E-state index in [-0.39, 0.29) is 18.1 Å². The van der Waals surface area contributed by atoms with E-state index >= 15 is 0 Å². The second kappa shape index (κ2) is 5.83. The number of nitrogens with zero attached hydrogens (tertiary/aromatic N) is 2. The molecule has 1 aliphatic carbocycles. The maximum atomic E-state index is 12.0. The van der Waals surface area contributed by atoms with Crippen LogP contribution in [0.5, 0.6) is 0 Å². The van der Waals surface area contributed by atoms with E-state index in [1.807, 2.05) is 0 Å². The maximum Gasteiger partial charge on any atom is 0.274 e. The molecule has 1 fully saturated rings. The summed E-state index contributed by atoms with van der Waals surface area (Å²) < 4.78 is 1.51. The van der Waals surface area contributed by atoms with E-state index in [2.05, 4.69) is 17.3 Å². The molecular formula is C14H24N4O2. The number of anilines is 1. The van der Waals surface area contributed by atoms with Crippen molar-refractivity contribution < 1.29 is 9.90 Å². The number of aromatic nitrogens is 2. The third-order valence-electron chi connectivity index (χ3n) is 4.26. The number of carbonyl (C=O) groups is 1. The second-order valence-corrected chi connectivity index (χ2v) is 5.87. The molecule has 4 N–H and O–H groups in total. The van der Waals surface area contributed by atoms with Crippen LogP contribution in [0.25, 0.3) is 0 Å². The van der Waals surface area contributed by atoms with Gasteiger partial charge in [0, 0.05) is 19.8 Å². The second-order valence-electron chi connectivity index (χ2n) is 5.87. The van der Waals surface area contributed by atoms with Crippen molar-refractivity contribution in [2.75, 3.05) is 12.3 Å². The van der Waals surface area contributed by atoms with Crippen LogP contribution in [0.4, 0.5) is 5.69 Å². The first-order valence-corrected chi connectivity index (χ1v) is 7.23. The van der Waals surface area contributed by atoms with Crippen molar-refractivity contribution in [3.63, 3.8) is 0 Å². The van der Waals surface area contributed by atoms with Crippen molar-refractivity contribution >= 4 is 11.6 Å². The highest BCUT2D eigenvalue weighted by molar-refractivity contribution is 5.97. The highest BCUT2D eigenvalue weighted by Crippen LogP contribution is 2.33. The van der Waals surface area contributed by atoms with Gasteiger partial charge in [0.1, 0.15) is 0 Å². The smallest absolute Gasteiger partial charge is 0.274 e. The summed E-state index contributed by atoms with van der Waals surface area (Å²) in [5, 5.41) is 17.3. The van der Waals surface area contributed by atoms with Gasteiger partial charge >= 0.3 is 0 Å². The van der Waals surface area contributed by atoms with Crippen LogP contribution in [-0.2, 0) is 7.05 Å². The van der Waals surface area contributed by atoms with E-state index < -0.39 is 5.60 Å². The summed E-state index contributed by atoms with van der Waals surface area (Å²) >= 11 is 0. The first kappa shape index (κ1) is 14.8. The summed E-state index contributed by atoms with van der Waals surface area (Å²) in [6.07, 6.45) is 6.28. The SMILES string of the molecule is CCC1CCC(O)(CNC(=O)c2nn(C)cc2N)CC1. The molecule has 1 aromatic rings. The Labute approximate surface area is 119 Å². The van der Waals surface area contributed by atoms with Gasteiger partial charge in [0.25, 0.3) is 5.91 Å². The molecule has 2 rings (SSSR count). The lowest BCUT2D eigenvalue weighted by molar-refractivity contribution is -0.00790. The molecule has 1 saturated carbocycles. The van der Waals surface area contributed by atoms with Gasteiger partial charge in [-0.15, -0.1) is 0 Å². The number of aryl methyl sites for hydroxylation is 1. The van der Waals surface area contributed by atoms with Gasteiger partial charge in [0.05, 0.1) is 11.3 Å². The van der Waals surface area contributed by atoms with Crippen molar-refractivity contribution in [2.45, 2.75) is 44.6 Å². The highest BCUT2D eigenvalue weighted by Gasteiger charge is 2.33. The number of aliphatic hydroxyl groups is 1. The molecule has 1 aromatic heterocycles. The first-order valence-electron chi connectivity index (χ1n) is 7.23. The lowest BCUT2D eigenvalue weighted by Crippen LogP contribution is -2.45. The zero-order chi connectivity index (χ0) is 14.8. The van der Waals surface area contributed by atoms with E-state index in [1.54, 1.807) is 13.2 Å². The molecule has 20 heavy (non-hydrogen) atoms. The quantitative estimate of drug-likeness (QED) is 0.769. The van der Waals surface area contributed by atoms with Crippen molar-refractivity contribution in [3.8, 4) is 0 Å². The van der Waals surface area contributed by atoms with Crippen LogP contribution >= 0.6 is 0 Å². The maximum absolute atomic E-state index is 12.0. The van der Waals surface area contributed by atoms with Gasteiger partial charge in [0.15, 0.2) is 5.69 Å². The van der Waals surface area contributed by atoms with Crippen LogP contribution in [0, 0.1) is 5.92 Å². The average molecular weight is 280 g/mol. The largest absolute Gasteiger partial charge is 0.396 e. The molecule has 0 spiro atoms. The molecule has 0 bridgehead atoms. The minimum absolute atomic E-state index is 0.221. The zero-order valence-corrected chi connectivity index (χ0v) is 12.2. The number of nitrogens with two attached hydrogens (primary N) is 1. The first-order chi connectivity index (χ1) is 9.43. The molecule has 0 radical (unpaired) electrons. The van der Waals surface area contributed by atoms with Gasteiger partial charge < -0.3 is 16.2 Å². The van der Waals surface area contributed by atoms with E-state index in [1.165, 1.54) is 4.68 Å². The summed E-state index contributed by atoms with van der Waals surface area (Å²) in [6.45, 7) is 2.44. The third kappa shape index (κ3) is 3.30. The third-order valence-corrected chi connectivity index (χ3v) is 4.26. The van der Waals surface area contributed by atoms with Gasteiger partial charge in [-0.2, -0.15) is 5.10 Å². The molecule has 6 nitrogen and oxygen atoms in total. The molecule has 1 amide bonds. The van der Waals surface area contributed by atoms with Crippen LogP contribution in [-0.4, -0.2) is 32.9 Å². The van der Waals surface area contributed by atoms with Gasteiger partial charge in [-0.25, -0.2) is 0 Å². The Morgan fingerprint density at radius 1 is 1.60 bits per heavy atom. The predicted octanol–water partition coefficient (Wildman–Crippen LogP) is 1.06. The Bertz CT molecular complexity index is 476. The Morgan fingerprint density at radius 2 is 2.25 bits per heavy atom. The van der Waals surface area contributed by atoms with Crippen molar-refractivity contribution in [1.82, 2.24) is 15.1 Å². The lowest BCUT2D eigenvalue weighted by Gasteiger charge is -2.35. The highest BCUT2D eigenvalue weighted by atomic mass is 16.3. The van der Waals surface area contributed by atoms with Crippen LogP contribution < -0.4 is 11.1 Å². The lowest BCUT2D eigenvalue weighted by atomic mass is 9.78. The van der Waals surface area contributed by atoms with Crippen molar-refractivity contribution in [1.29, 1.82) is 0 Å². The van der Waals surface area contributed by atoms with Crippen LogP contribution in [0.15, 0.2) is 6.20 Å². The molecule has 0 unspecified atom stereocenters. The molecule has 1 heterocycles.